The normalized spacial score (nSPS) is 13.4. The van der Waals surface area contributed by atoms with Gasteiger partial charge in [-0.15, -0.1) is 11.3 Å². The minimum atomic E-state index is -0.226. The number of rotatable bonds is 3. The zero-order valence-corrected chi connectivity index (χ0v) is 33.5. The highest BCUT2D eigenvalue weighted by molar-refractivity contribution is 7.25. The Morgan fingerprint density at radius 2 is 0.966 bits per heavy atom. The van der Waals surface area contributed by atoms with Crippen LogP contribution in [-0.2, 0) is 5.41 Å². The Balaban J connectivity index is 1.03. The molecule has 13 rings (SSSR count). The van der Waals surface area contributed by atoms with Crippen LogP contribution < -0.4 is 0 Å². The molecule has 0 N–H and O–H groups in total. The Morgan fingerprint density at radius 3 is 1.68 bits per heavy atom. The molecular formula is C57H36OS. The first-order valence-electron chi connectivity index (χ1n) is 20.5. The van der Waals surface area contributed by atoms with Crippen molar-refractivity contribution < 1.29 is 4.42 Å². The summed E-state index contributed by atoms with van der Waals surface area (Å²) >= 11 is 1.86. The Hall–Kier alpha value is -7.00. The van der Waals surface area contributed by atoms with Gasteiger partial charge in [-0.2, -0.15) is 0 Å². The summed E-state index contributed by atoms with van der Waals surface area (Å²) in [5.74, 6) is 0. The summed E-state index contributed by atoms with van der Waals surface area (Å²) in [5.41, 5.74) is 14.5. The predicted octanol–water partition coefficient (Wildman–Crippen LogP) is 16.7. The summed E-state index contributed by atoms with van der Waals surface area (Å²) in [6.45, 7) is 4.80. The van der Waals surface area contributed by atoms with Gasteiger partial charge in [0.2, 0.25) is 0 Å². The van der Waals surface area contributed by atoms with Crippen LogP contribution in [0.2, 0.25) is 0 Å². The quantitative estimate of drug-likeness (QED) is 0.163. The van der Waals surface area contributed by atoms with Crippen LogP contribution in [0.4, 0.5) is 0 Å². The summed E-state index contributed by atoms with van der Waals surface area (Å²) in [7, 11) is 0. The van der Waals surface area contributed by atoms with Crippen molar-refractivity contribution in [3.05, 3.63) is 193 Å². The first-order valence-corrected chi connectivity index (χ1v) is 21.3. The summed E-state index contributed by atoms with van der Waals surface area (Å²) in [6.07, 6.45) is 0. The van der Waals surface area contributed by atoms with E-state index in [9.17, 15) is 0 Å². The molecule has 0 amide bonds. The van der Waals surface area contributed by atoms with Crippen molar-refractivity contribution in [3.8, 4) is 44.5 Å². The fourth-order valence-corrected chi connectivity index (χ4v) is 11.8. The maximum Gasteiger partial charge on any atom is 0.136 e. The van der Waals surface area contributed by atoms with E-state index in [1.165, 1.54) is 119 Å². The molecule has 0 spiro atoms. The Morgan fingerprint density at radius 1 is 0.373 bits per heavy atom. The van der Waals surface area contributed by atoms with Gasteiger partial charge >= 0.3 is 0 Å². The molecule has 0 radical (unpaired) electrons. The van der Waals surface area contributed by atoms with Gasteiger partial charge in [0, 0.05) is 36.4 Å². The van der Waals surface area contributed by atoms with Gasteiger partial charge in [0.25, 0.3) is 0 Å². The van der Waals surface area contributed by atoms with Crippen LogP contribution >= 0.6 is 11.3 Å². The average Bonchev–Trinajstić information content (AvgIpc) is 3.91. The summed E-state index contributed by atoms with van der Waals surface area (Å²) in [5, 5.41) is 12.5. The summed E-state index contributed by atoms with van der Waals surface area (Å²) in [4.78, 5) is 0. The maximum atomic E-state index is 6.86. The molecule has 12 aromatic rings. The summed E-state index contributed by atoms with van der Waals surface area (Å²) in [6, 6.07) is 67.4. The lowest BCUT2D eigenvalue weighted by molar-refractivity contribution is 0.661. The lowest BCUT2D eigenvalue weighted by atomic mass is 9.78. The Bertz CT molecular complexity index is 3690. The van der Waals surface area contributed by atoms with Crippen LogP contribution in [0.1, 0.15) is 25.0 Å². The second kappa shape index (κ2) is 12.0. The van der Waals surface area contributed by atoms with E-state index in [1.807, 2.05) is 11.3 Å². The fourth-order valence-electron chi connectivity index (χ4n) is 10.7. The first kappa shape index (κ1) is 33.0. The highest BCUT2D eigenvalue weighted by Crippen LogP contribution is 2.55. The Kier molecular flexibility index (Phi) is 6.73. The molecule has 0 saturated carbocycles. The molecule has 1 nitrogen and oxygen atoms in total. The van der Waals surface area contributed by atoms with Gasteiger partial charge in [-0.3, -0.25) is 0 Å². The largest absolute Gasteiger partial charge is 0.456 e. The van der Waals surface area contributed by atoms with E-state index in [4.69, 9.17) is 4.42 Å². The number of thiophene rings is 1. The lowest BCUT2D eigenvalue weighted by Gasteiger charge is -2.25. The number of hydrogen-bond donors (Lipinski definition) is 0. The fraction of sp³-hybridized carbons (Fsp3) is 0.0526. The van der Waals surface area contributed by atoms with E-state index in [0.717, 1.165) is 11.2 Å². The summed E-state index contributed by atoms with van der Waals surface area (Å²) < 4.78 is 9.46. The highest BCUT2D eigenvalue weighted by atomic mass is 32.1. The van der Waals surface area contributed by atoms with Crippen molar-refractivity contribution in [2.24, 2.45) is 0 Å². The van der Waals surface area contributed by atoms with Gasteiger partial charge < -0.3 is 4.42 Å². The second-order valence-electron chi connectivity index (χ2n) is 16.7. The third kappa shape index (κ3) is 4.55. The standard InChI is InChI=1S/C57H36OS/c1-57(2)48-28-27-34(54-40-22-10-8-20-38(40)53(33-15-4-3-5-16-33)39-21-9-11-23-41(39)54)29-45(48)43-25-14-24-42(56(43)57)44-30-50-55(37-19-7-6-17-35(37)44)47-32-52-46(31-49(47)58-50)36-18-12-13-26-51(36)59-52/h3-32H,1-2H3. The maximum absolute atomic E-state index is 6.86. The van der Waals surface area contributed by atoms with Crippen molar-refractivity contribution >= 4 is 85.8 Å². The number of furan rings is 1. The van der Waals surface area contributed by atoms with Gasteiger partial charge in [0.05, 0.1) is 0 Å². The van der Waals surface area contributed by atoms with E-state index in [2.05, 4.69) is 196 Å². The molecule has 1 aliphatic carbocycles. The van der Waals surface area contributed by atoms with E-state index in [1.54, 1.807) is 0 Å². The topological polar surface area (TPSA) is 13.1 Å². The monoisotopic (exact) mass is 768 g/mol. The molecule has 10 aromatic carbocycles. The zero-order chi connectivity index (χ0) is 39.0. The van der Waals surface area contributed by atoms with Gasteiger partial charge in [0.15, 0.2) is 0 Å². The van der Waals surface area contributed by atoms with E-state index in [0.29, 0.717) is 0 Å². The molecular weight excluding hydrogens is 733 g/mol. The van der Waals surface area contributed by atoms with E-state index < -0.39 is 0 Å². The van der Waals surface area contributed by atoms with Crippen molar-refractivity contribution in [1.82, 2.24) is 0 Å². The molecule has 0 atom stereocenters. The molecule has 2 heterocycles. The van der Waals surface area contributed by atoms with Crippen molar-refractivity contribution in [1.29, 1.82) is 0 Å². The van der Waals surface area contributed by atoms with Crippen molar-refractivity contribution in [2.45, 2.75) is 19.3 Å². The molecule has 0 fully saturated rings. The van der Waals surface area contributed by atoms with Gasteiger partial charge in [0.1, 0.15) is 11.2 Å². The van der Waals surface area contributed by atoms with Crippen LogP contribution in [0.15, 0.2) is 186 Å². The van der Waals surface area contributed by atoms with E-state index >= 15 is 0 Å². The van der Waals surface area contributed by atoms with Crippen LogP contribution in [0.3, 0.4) is 0 Å². The lowest BCUT2D eigenvalue weighted by Crippen LogP contribution is -2.16. The molecule has 0 saturated heterocycles. The molecule has 276 valence electrons. The van der Waals surface area contributed by atoms with Crippen LogP contribution in [0.5, 0.6) is 0 Å². The van der Waals surface area contributed by atoms with Gasteiger partial charge in [-0.25, -0.2) is 0 Å². The van der Waals surface area contributed by atoms with Gasteiger partial charge in [-0.05, 0) is 118 Å². The van der Waals surface area contributed by atoms with Gasteiger partial charge in [-0.1, -0.05) is 166 Å². The molecule has 2 aromatic heterocycles. The molecule has 59 heavy (non-hydrogen) atoms. The van der Waals surface area contributed by atoms with Crippen molar-refractivity contribution in [2.75, 3.05) is 0 Å². The van der Waals surface area contributed by atoms with Crippen molar-refractivity contribution in [3.63, 3.8) is 0 Å². The molecule has 0 bridgehead atoms. The predicted molar refractivity (Wildman–Crippen MR) is 253 cm³/mol. The third-order valence-corrected chi connectivity index (χ3v) is 14.4. The number of hydrogen-bond acceptors (Lipinski definition) is 2. The van der Waals surface area contributed by atoms with E-state index in [-0.39, 0.29) is 5.41 Å². The number of benzene rings is 10. The highest BCUT2D eigenvalue weighted by Gasteiger charge is 2.38. The number of fused-ring (bicyclic) bond motifs is 13. The Labute approximate surface area is 345 Å². The minimum Gasteiger partial charge on any atom is -0.456 e. The van der Waals surface area contributed by atoms with Crippen LogP contribution in [0.25, 0.3) is 119 Å². The SMILES string of the molecule is CC1(C)c2ccc(-c3c4ccccc4c(-c4ccccc4)c4ccccc34)cc2-c2cccc(-c3cc4oc5cc6c(cc5c4c4ccccc34)sc3ccccc36)c21. The third-order valence-electron chi connectivity index (χ3n) is 13.2. The first-order chi connectivity index (χ1) is 29.0. The molecule has 2 heteroatoms. The van der Waals surface area contributed by atoms with Crippen LogP contribution in [0, 0.1) is 0 Å². The van der Waals surface area contributed by atoms with Crippen LogP contribution in [-0.4, -0.2) is 0 Å². The zero-order valence-electron chi connectivity index (χ0n) is 32.6. The molecule has 0 aliphatic heterocycles. The molecule has 0 unspecified atom stereocenters. The average molecular weight is 769 g/mol. The molecule has 1 aliphatic rings. The minimum absolute atomic E-state index is 0.226. The second-order valence-corrected chi connectivity index (χ2v) is 17.8. The smallest absolute Gasteiger partial charge is 0.136 e.